The van der Waals surface area contributed by atoms with E-state index in [-0.39, 0.29) is 23.8 Å². The molecule has 1 atom stereocenters. The molecule has 1 heterocycles. The van der Waals surface area contributed by atoms with Crippen LogP contribution in [0.3, 0.4) is 0 Å². The topological polar surface area (TPSA) is 66.5 Å². The third-order valence-corrected chi connectivity index (χ3v) is 5.30. The van der Waals surface area contributed by atoms with Crippen molar-refractivity contribution in [3.05, 3.63) is 0 Å². The molecular formula is C16H24N2O3. The van der Waals surface area contributed by atoms with Gasteiger partial charge in [0.15, 0.2) is 0 Å². The zero-order valence-corrected chi connectivity index (χ0v) is 12.5. The smallest absolute Gasteiger partial charge is 0.277 e. The van der Waals surface area contributed by atoms with E-state index in [9.17, 15) is 14.4 Å². The molecule has 2 saturated carbocycles. The van der Waals surface area contributed by atoms with Crippen LogP contribution in [0.4, 0.5) is 4.79 Å². The van der Waals surface area contributed by atoms with Gasteiger partial charge in [0.2, 0.25) is 11.8 Å². The molecule has 0 aromatic carbocycles. The van der Waals surface area contributed by atoms with Crippen LogP contribution in [0.1, 0.15) is 64.2 Å². The molecule has 0 spiro atoms. The van der Waals surface area contributed by atoms with E-state index in [1.54, 1.807) is 0 Å². The van der Waals surface area contributed by atoms with E-state index in [0.29, 0.717) is 0 Å². The van der Waals surface area contributed by atoms with Gasteiger partial charge in [-0.15, -0.1) is 0 Å². The molecule has 3 aliphatic rings. The lowest BCUT2D eigenvalue weighted by Gasteiger charge is -2.40. The number of hydrogen-bond acceptors (Lipinski definition) is 3. The van der Waals surface area contributed by atoms with Gasteiger partial charge in [0.25, 0.3) is 0 Å². The first-order valence-electron chi connectivity index (χ1n) is 8.36. The molecule has 1 unspecified atom stereocenters. The zero-order valence-electron chi connectivity index (χ0n) is 12.5. The van der Waals surface area contributed by atoms with E-state index in [0.717, 1.165) is 51.4 Å². The molecule has 0 aromatic rings. The van der Waals surface area contributed by atoms with Crippen LogP contribution in [-0.2, 0) is 9.59 Å². The van der Waals surface area contributed by atoms with Crippen LogP contribution >= 0.6 is 0 Å². The largest absolute Gasteiger partial charge is 0.331 e. The van der Waals surface area contributed by atoms with Gasteiger partial charge in [-0.3, -0.25) is 19.8 Å². The van der Waals surface area contributed by atoms with E-state index in [1.807, 2.05) is 0 Å². The first-order valence-corrected chi connectivity index (χ1v) is 8.36. The molecule has 0 radical (unpaired) electrons. The quantitative estimate of drug-likeness (QED) is 0.795. The Labute approximate surface area is 125 Å². The number of nitrogens with zero attached hydrogens (tertiary/aromatic N) is 1. The van der Waals surface area contributed by atoms with Crippen LogP contribution in [0.2, 0.25) is 0 Å². The standard InChI is InChI=1S/C16H24N2O3/c19-14-13(11-7-3-1-4-8-11)15(20)18(16(21)17-14)12-9-5-2-6-10-12/h11-13H,1-10H2,(H,17,19,21). The molecule has 1 aliphatic heterocycles. The van der Waals surface area contributed by atoms with Crippen LogP contribution in [0.5, 0.6) is 0 Å². The van der Waals surface area contributed by atoms with Crippen molar-refractivity contribution in [3.63, 3.8) is 0 Å². The van der Waals surface area contributed by atoms with E-state index in [4.69, 9.17) is 0 Å². The number of carbonyl (C=O) groups excluding carboxylic acids is 3. The summed E-state index contributed by atoms with van der Waals surface area (Å²) in [7, 11) is 0. The van der Waals surface area contributed by atoms with Crippen molar-refractivity contribution in [2.24, 2.45) is 11.8 Å². The first-order chi connectivity index (χ1) is 10.2. The molecule has 1 saturated heterocycles. The van der Waals surface area contributed by atoms with Gasteiger partial charge in [0.05, 0.1) is 0 Å². The van der Waals surface area contributed by atoms with Gasteiger partial charge in [-0.2, -0.15) is 0 Å². The average Bonchev–Trinajstić information content (AvgIpc) is 2.49. The summed E-state index contributed by atoms with van der Waals surface area (Å²) in [6.45, 7) is 0. The van der Waals surface area contributed by atoms with Crippen LogP contribution in [-0.4, -0.2) is 28.8 Å². The molecule has 116 valence electrons. The fourth-order valence-electron chi connectivity index (χ4n) is 4.17. The van der Waals surface area contributed by atoms with Crippen molar-refractivity contribution in [2.45, 2.75) is 70.3 Å². The number of amides is 4. The fraction of sp³-hybridized carbons (Fsp3) is 0.812. The lowest BCUT2D eigenvalue weighted by atomic mass is 9.77. The third-order valence-electron chi connectivity index (χ3n) is 5.30. The summed E-state index contributed by atoms with van der Waals surface area (Å²) < 4.78 is 0. The van der Waals surface area contributed by atoms with Crippen molar-refractivity contribution >= 4 is 17.8 Å². The van der Waals surface area contributed by atoms with Gasteiger partial charge in [0, 0.05) is 6.04 Å². The Morgan fingerprint density at radius 1 is 0.810 bits per heavy atom. The molecule has 3 rings (SSSR count). The Kier molecular flexibility index (Phi) is 4.27. The Morgan fingerprint density at radius 2 is 1.38 bits per heavy atom. The summed E-state index contributed by atoms with van der Waals surface area (Å²) in [5.74, 6) is -1.12. The molecule has 3 fully saturated rings. The number of nitrogens with one attached hydrogen (secondary N) is 1. The van der Waals surface area contributed by atoms with Gasteiger partial charge >= 0.3 is 6.03 Å². The monoisotopic (exact) mass is 292 g/mol. The highest BCUT2D eigenvalue weighted by molar-refractivity contribution is 6.16. The molecule has 5 heteroatoms. The average molecular weight is 292 g/mol. The Hall–Kier alpha value is -1.39. The second-order valence-electron chi connectivity index (χ2n) is 6.67. The number of hydrogen-bond donors (Lipinski definition) is 1. The van der Waals surface area contributed by atoms with E-state index >= 15 is 0 Å². The summed E-state index contributed by atoms with van der Waals surface area (Å²) in [6.07, 6.45) is 10.3. The Bertz CT molecular complexity index is 399. The molecule has 4 amide bonds. The second-order valence-corrected chi connectivity index (χ2v) is 6.67. The molecule has 5 nitrogen and oxygen atoms in total. The molecule has 0 bridgehead atoms. The zero-order chi connectivity index (χ0) is 14.8. The van der Waals surface area contributed by atoms with E-state index < -0.39 is 11.9 Å². The molecule has 2 aliphatic carbocycles. The van der Waals surface area contributed by atoms with Gasteiger partial charge < -0.3 is 0 Å². The summed E-state index contributed by atoms with van der Waals surface area (Å²) in [4.78, 5) is 38.4. The minimum Gasteiger partial charge on any atom is -0.277 e. The first kappa shape index (κ1) is 14.5. The van der Waals surface area contributed by atoms with Gasteiger partial charge in [-0.1, -0.05) is 38.5 Å². The van der Waals surface area contributed by atoms with Crippen molar-refractivity contribution in [1.82, 2.24) is 10.2 Å². The Balaban J connectivity index is 1.78. The van der Waals surface area contributed by atoms with Gasteiger partial charge in [0.1, 0.15) is 5.92 Å². The summed E-state index contributed by atoms with van der Waals surface area (Å²) in [5.41, 5.74) is 0. The highest BCUT2D eigenvalue weighted by Crippen LogP contribution is 2.34. The molecule has 0 aromatic heterocycles. The maximum Gasteiger partial charge on any atom is 0.331 e. The van der Waals surface area contributed by atoms with E-state index in [1.165, 1.54) is 17.7 Å². The minimum atomic E-state index is -0.634. The highest BCUT2D eigenvalue weighted by Gasteiger charge is 2.46. The van der Waals surface area contributed by atoms with E-state index in [2.05, 4.69) is 5.32 Å². The summed E-state index contributed by atoms with van der Waals surface area (Å²) in [5, 5.41) is 2.43. The number of barbiturate groups is 1. The van der Waals surface area contributed by atoms with Gasteiger partial charge in [-0.25, -0.2) is 4.79 Å². The predicted molar refractivity (Wildman–Crippen MR) is 77.3 cm³/mol. The molecule has 21 heavy (non-hydrogen) atoms. The predicted octanol–water partition coefficient (Wildman–Crippen LogP) is 2.59. The van der Waals surface area contributed by atoms with Crippen LogP contribution in [0.15, 0.2) is 0 Å². The van der Waals surface area contributed by atoms with Gasteiger partial charge in [-0.05, 0) is 31.6 Å². The maximum absolute atomic E-state index is 12.8. The van der Waals surface area contributed by atoms with Crippen LogP contribution in [0.25, 0.3) is 0 Å². The SMILES string of the molecule is O=C1NC(=O)N(C2CCCCC2)C(=O)C1C1CCCCC1. The van der Waals surface area contributed by atoms with Crippen LogP contribution in [0, 0.1) is 11.8 Å². The van der Waals surface area contributed by atoms with Crippen LogP contribution < -0.4 is 5.32 Å². The third kappa shape index (κ3) is 2.83. The van der Waals surface area contributed by atoms with Crippen molar-refractivity contribution in [2.75, 3.05) is 0 Å². The lowest BCUT2D eigenvalue weighted by molar-refractivity contribution is -0.147. The number of urea groups is 1. The highest BCUT2D eigenvalue weighted by atomic mass is 16.2. The molecule has 1 N–H and O–H groups in total. The minimum absolute atomic E-state index is 0.00885. The second kappa shape index (κ2) is 6.16. The van der Waals surface area contributed by atoms with Crippen molar-refractivity contribution < 1.29 is 14.4 Å². The number of carbonyl (C=O) groups is 3. The van der Waals surface area contributed by atoms with Crippen molar-refractivity contribution in [1.29, 1.82) is 0 Å². The summed E-state index contributed by atoms with van der Waals surface area (Å²) in [6, 6.07) is -0.505. The maximum atomic E-state index is 12.8. The lowest BCUT2D eigenvalue weighted by Crippen LogP contribution is -2.62. The summed E-state index contributed by atoms with van der Waals surface area (Å²) >= 11 is 0. The number of imide groups is 2. The number of rotatable bonds is 2. The normalized spacial score (nSPS) is 29.6. The fourth-order valence-corrected chi connectivity index (χ4v) is 4.17. The van der Waals surface area contributed by atoms with Crippen molar-refractivity contribution in [3.8, 4) is 0 Å². The Morgan fingerprint density at radius 3 is 2.00 bits per heavy atom. The molecular weight excluding hydrogens is 268 g/mol.